The molecule has 0 heterocycles. The maximum absolute atomic E-state index is 11.9. The lowest BCUT2D eigenvalue weighted by Gasteiger charge is -2.10. The first kappa shape index (κ1) is 14.1. The molecule has 2 N–H and O–H groups in total. The highest BCUT2D eigenvalue weighted by molar-refractivity contribution is 7.90. The van der Waals surface area contributed by atoms with E-state index in [-0.39, 0.29) is 0 Å². The van der Waals surface area contributed by atoms with Gasteiger partial charge in [-0.3, -0.25) is 0 Å². The number of hydrogen-bond acceptors (Lipinski definition) is 4. The second-order valence-electron chi connectivity index (χ2n) is 2.93. The molecule has 0 saturated heterocycles. The molecule has 6 nitrogen and oxygen atoms in total. The Labute approximate surface area is 99.0 Å². The van der Waals surface area contributed by atoms with Gasteiger partial charge in [-0.15, -0.1) is 13.2 Å². The molecule has 0 radical (unpaired) electrons. The van der Waals surface area contributed by atoms with Crippen LogP contribution in [0.3, 0.4) is 0 Å². The Hall–Kier alpha value is -1.97. The number of amides is 1. The first-order valence-corrected chi connectivity index (χ1v) is 5.70. The first-order chi connectivity index (χ1) is 8.10. The Morgan fingerprint density at radius 3 is 2.44 bits per heavy atom. The van der Waals surface area contributed by atoms with Gasteiger partial charge in [0.25, 0.3) is 10.0 Å². The van der Waals surface area contributed by atoms with Gasteiger partial charge in [-0.25, -0.2) is 17.9 Å². The number of alkyl halides is 3. The fourth-order valence-corrected chi connectivity index (χ4v) is 1.89. The summed E-state index contributed by atoms with van der Waals surface area (Å²) >= 11 is 0. The largest absolute Gasteiger partial charge is 0.573 e. The minimum Gasteiger partial charge on any atom is -0.464 e. The number of halogens is 3. The Morgan fingerprint density at radius 2 is 1.94 bits per heavy atom. The lowest BCUT2D eigenvalue weighted by Crippen LogP contribution is -2.28. The summed E-state index contributed by atoms with van der Waals surface area (Å²) in [5, 5.41) is 8.26. The number of carbonyl (C=O) groups is 1. The van der Waals surface area contributed by atoms with Gasteiger partial charge < -0.3 is 9.84 Å². The van der Waals surface area contributed by atoms with E-state index in [1.807, 2.05) is 0 Å². The molecule has 18 heavy (non-hydrogen) atoms. The van der Waals surface area contributed by atoms with Crippen molar-refractivity contribution in [2.24, 2.45) is 0 Å². The fraction of sp³-hybridized carbons (Fsp3) is 0.125. The minimum absolute atomic E-state index is 0.554. The van der Waals surface area contributed by atoms with Gasteiger partial charge in [-0.1, -0.05) is 6.07 Å². The molecule has 0 unspecified atom stereocenters. The van der Waals surface area contributed by atoms with Gasteiger partial charge in [-0.2, -0.15) is 0 Å². The van der Waals surface area contributed by atoms with E-state index in [1.54, 1.807) is 0 Å². The number of rotatable bonds is 3. The van der Waals surface area contributed by atoms with Gasteiger partial charge in [0.05, 0.1) is 4.90 Å². The van der Waals surface area contributed by atoms with Crippen LogP contribution in [0, 0.1) is 0 Å². The van der Waals surface area contributed by atoms with E-state index < -0.39 is 33.1 Å². The van der Waals surface area contributed by atoms with E-state index in [9.17, 15) is 26.4 Å². The van der Waals surface area contributed by atoms with Crippen LogP contribution in [0.4, 0.5) is 18.0 Å². The van der Waals surface area contributed by atoms with Gasteiger partial charge >= 0.3 is 12.5 Å². The van der Waals surface area contributed by atoms with Crippen molar-refractivity contribution in [2.75, 3.05) is 0 Å². The third kappa shape index (κ3) is 4.13. The van der Waals surface area contributed by atoms with Crippen molar-refractivity contribution in [2.45, 2.75) is 11.3 Å². The molecule has 1 amide bonds. The van der Waals surface area contributed by atoms with E-state index in [4.69, 9.17) is 5.11 Å². The highest BCUT2D eigenvalue weighted by atomic mass is 32.2. The van der Waals surface area contributed by atoms with Gasteiger partial charge in [0.2, 0.25) is 0 Å². The summed E-state index contributed by atoms with van der Waals surface area (Å²) in [5.74, 6) is -0.768. The molecule has 0 spiro atoms. The van der Waals surface area contributed by atoms with Crippen molar-refractivity contribution < 1.29 is 36.2 Å². The van der Waals surface area contributed by atoms with Gasteiger partial charge in [0.15, 0.2) is 0 Å². The van der Waals surface area contributed by atoms with Crippen LogP contribution in [0.1, 0.15) is 0 Å². The predicted octanol–water partition coefficient (Wildman–Crippen LogP) is 1.54. The average molecular weight is 285 g/mol. The third-order valence-electron chi connectivity index (χ3n) is 1.57. The molecule has 0 atom stereocenters. The highest BCUT2D eigenvalue weighted by Gasteiger charge is 2.31. The maximum Gasteiger partial charge on any atom is 0.573 e. The van der Waals surface area contributed by atoms with Crippen LogP contribution in [0.25, 0.3) is 0 Å². The van der Waals surface area contributed by atoms with E-state index in [1.165, 1.54) is 4.72 Å². The Bertz CT molecular complexity index is 554. The first-order valence-electron chi connectivity index (χ1n) is 4.22. The van der Waals surface area contributed by atoms with E-state index >= 15 is 0 Å². The monoisotopic (exact) mass is 285 g/mol. The van der Waals surface area contributed by atoms with Crippen LogP contribution in [0.5, 0.6) is 5.75 Å². The quantitative estimate of drug-likeness (QED) is 0.878. The molecule has 0 bridgehead atoms. The second kappa shape index (κ2) is 4.72. The SMILES string of the molecule is O=C(O)NS(=O)(=O)c1cccc(OC(F)(F)F)c1. The van der Waals surface area contributed by atoms with Crippen LogP contribution in [0.2, 0.25) is 0 Å². The van der Waals surface area contributed by atoms with Gasteiger partial charge in [0.1, 0.15) is 5.75 Å². The third-order valence-corrected chi connectivity index (χ3v) is 2.89. The van der Waals surface area contributed by atoms with Crippen molar-refractivity contribution in [3.8, 4) is 5.75 Å². The van der Waals surface area contributed by atoms with Crippen LogP contribution >= 0.6 is 0 Å². The van der Waals surface area contributed by atoms with Crippen LogP contribution < -0.4 is 9.46 Å². The number of benzene rings is 1. The molecule has 1 aromatic carbocycles. The summed E-state index contributed by atoms with van der Waals surface area (Å²) in [4.78, 5) is 9.54. The van der Waals surface area contributed by atoms with Crippen molar-refractivity contribution in [3.63, 3.8) is 0 Å². The molecule has 0 saturated carbocycles. The molecule has 0 aliphatic rings. The predicted molar refractivity (Wildman–Crippen MR) is 51.5 cm³/mol. The Kier molecular flexibility index (Phi) is 3.70. The molecule has 10 heteroatoms. The van der Waals surface area contributed by atoms with Crippen LogP contribution in [-0.4, -0.2) is 26.0 Å². The summed E-state index contributed by atoms with van der Waals surface area (Å²) in [6, 6.07) is 3.35. The number of carboxylic acid groups (broad SMARTS) is 1. The molecule has 100 valence electrons. The zero-order valence-corrected chi connectivity index (χ0v) is 9.25. The molecule has 1 aromatic rings. The summed E-state index contributed by atoms with van der Waals surface area (Å²) < 4.78 is 63.0. The molecule has 0 aromatic heterocycles. The highest BCUT2D eigenvalue weighted by Crippen LogP contribution is 2.24. The second-order valence-corrected chi connectivity index (χ2v) is 4.62. The minimum atomic E-state index is -4.97. The molecule has 1 rings (SSSR count). The smallest absolute Gasteiger partial charge is 0.464 e. The summed E-state index contributed by atoms with van der Waals surface area (Å²) in [6.07, 6.45) is -6.82. The van der Waals surface area contributed by atoms with Crippen molar-refractivity contribution in [1.29, 1.82) is 0 Å². The van der Waals surface area contributed by atoms with E-state index in [0.29, 0.717) is 6.07 Å². The lowest BCUT2D eigenvalue weighted by atomic mass is 10.3. The topological polar surface area (TPSA) is 92.7 Å². The zero-order valence-electron chi connectivity index (χ0n) is 8.43. The Balaban J connectivity index is 3.06. The molecular weight excluding hydrogens is 279 g/mol. The van der Waals surface area contributed by atoms with Crippen LogP contribution in [0.15, 0.2) is 29.2 Å². The van der Waals surface area contributed by atoms with Crippen molar-refractivity contribution >= 4 is 16.1 Å². The normalized spacial score (nSPS) is 11.9. The fourth-order valence-electron chi connectivity index (χ4n) is 1.01. The molecule has 0 fully saturated rings. The summed E-state index contributed by atoms with van der Waals surface area (Å²) in [6.45, 7) is 0. The summed E-state index contributed by atoms with van der Waals surface area (Å²) in [7, 11) is -4.43. The van der Waals surface area contributed by atoms with Crippen LogP contribution in [-0.2, 0) is 10.0 Å². The standard InChI is InChI=1S/C8H6F3NO5S/c9-8(10,11)17-5-2-1-3-6(4-5)18(15,16)12-7(13)14/h1-4,12H,(H,13,14). The number of sulfonamides is 1. The number of ether oxygens (including phenoxy) is 1. The molecular formula is C8H6F3NO5S. The zero-order chi connectivity index (χ0) is 14.0. The number of nitrogens with one attached hydrogen (secondary N) is 1. The maximum atomic E-state index is 11.9. The Morgan fingerprint density at radius 1 is 1.33 bits per heavy atom. The summed E-state index contributed by atoms with van der Waals surface area (Å²) in [5.41, 5.74) is 0. The van der Waals surface area contributed by atoms with E-state index in [0.717, 1.165) is 18.2 Å². The van der Waals surface area contributed by atoms with Crippen molar-refractivity contribution in [3.05, 3.63) is 24.3 Å². The molecule has 0 aliphatic carbocycles. The average Bonchev–Trinajstić information content (AvgIpc) is 2.13. The number of hydrogen-bond donors (Lipinski definition) is 2. The van der Waals surface area contributed by atoms with E-state index in [2.05, 4.69) is 4.74 Å². The lowest BCUT2D eigenvalue weighted by molar-refractivity contribution is -0.274. The van der Waals surface area contributed by atoms with Gasteiger partial charge in [-0.05, 0) is 12.1 Å². The van der Waals surface area contributed by atoms with Gasteiger partial charge in [0, 0.05) is 6.07 Å². The van der Waals surface area contributed by atoms with Crippen molar-refractivity contribution in [1.82, 2.24) is 4.72 Å². The molecule has 0 aliphatic heterocycles.